The number of thioether (sulfide) groups is 1. The molecule has 26 heavy (non-hydrogen) atoms. The van der Waals surface area contributed by atoms with Crippen LogP contribution < -0.4 is 10.6 Å². The Morgan fingerprint density at radius 3 is 2.58 bits per heavy atom. The first kappa shape index (κ1) is 22.6. The second-order valence-electron chi connectivity index (χ2n) is 5.91. The topological polar surface area (TPSA) is 39.7 Å². The van der Waals surface area contributed by atoms with Crippen LogP contribution in [0, 0.1) is 5.82 Å². The summed E-state index contributed by atoms with van der Waals surface area (Å²) in [5.41, 5.74) is 1.91. The minimum atomic E-state index is -4.18. The fourth-order valence-electron chi connectivity index (χ4n) is 2.40. The van der Waals surface area contributed by atoms with Crippen LogP contribution in [-0.4, -0.2) is 57.0 Å². The zero-order valence-electron chi connectivity index (χ0n) is 15.3. The van der Waals surface area contributed by atoms with Crippen molar-refractivity contribution in [2.45, 2.75) is 24.9 Å². The lowest BCUT2D eigenvalue weighted by Gasteiger charge is -2.19. The Kier molecular flexibility index (Phi) is 9.79. The van der Waals surface area contributed by atoms with E-state index >= 15 is 0 Å². The smallest absolute Gasteiger partial charge is 0.356 e. The van der Waals surface area contributed by atoms with Crippen molar-refractivity contribution in [2.24, 2.45) is 4.99 Å². The van der Waals surface area contributed by atoms with Gasteiger partial charge in [-0.05, 0) is 49.5 Å². The van der Waals surface area contributed by atoms with Crippen LogP contribution in [0.5, 0.6) is 0 Å². The molecule has 1 aromatic rings. The number of aliphatic imine (C=N–C) groups is 1. The quantitative estimate of drug-likeness (QED) is 0.292. The van der Waals surface area contributed by atoms with E-state index in [1.54, 1.807) is 24.9 Å². The Bertz CT molecular complexity index is 578. The van der Waals surface area contributed by atoms with E-state index in [1.807, 2.05) is 6.26 Å². The van der Waals surface area contributed by atoms with Gasteiger partial charge in [-0.2, -0.15) is 24.9 Å². The molecule has 9 heteroatoms. The van der Waals surface area contributed by atoms with Gasteiger partial charge in [-0.15, -0.1) is 0 Å². The average molecular weight is 394 g/mol. The molecule has 0 spiro atoms. The van der Waals surface area contributed by atoms with Crippen LogP contribution in [0.15, 0.2) is 23.2 Å². The maximum absolute atomic E-state index is 13.4. The lowest BCUT2D eigenvalue weighted by Crippen LogP contribution is -2.39. The Hall–Kier alpha value is -1.48. The molecule has 0 radical (unpaired) electrons. The lowest BCUT2D eigenvalue weighted by atomic mass is 10.1. The van der Waals surface area contributed by atoms with Gasteiger partial charge in [-0.1, -0.05) is 6.07 Å². The Morgan fingerprint density at radius 1 is 1.23 bits per heavy atom. The fraction of sp³-hybridized carbons (Fsp3) is 0.588. The molecule has 2 N–H and O–H groups in total. The van der Waals surface area contributed by atoms with Gasteiger partial charge in [0.05, 0.1) is 6.54 Å². The van der Waals surface area contributed by atoms with Crippen LogP contribution in [-0.2, 0) is 12.3 Å². The number of hydrogen-bond acceptors (Lipinski definition) is 3. The highest BCUT2D eigenvalue weighted by Crippen LogP contribution is 2.17. The Morgan fingerprint density at radius 2 is 1.96 bits per heavy atom. The molecule has 1 aromatic carbocycles. The highest BCUT2D eigenvalue weighted by molar-refractivity contribution is 7.97. The first-order chi connectivity index (χ1) is 12.2. The third kappa shape index (κ3) is 9.28. The molecule has 4 nitrogen and oxygen atoms in total. The van der Waals surface area contributed by atoms with Crippen LogP contribution >= 0.6 is 11.8 Å². The summed E-state index contributed by atoms with van der Waals surface area (Å²) in [5.74, 6) is 1.01. The van der Waals surface area contributed by atoms with Crippen molar-refractivity contribution in [3.8, 4) is 0 Å². The number of hydrogen-bond donors (Lipinski definition) is 2. The molecule has 0 aliphatic heterocycles. The summed E-state index contributed by atoms with van der Waals surface area (Å²) in [6, 6.07) is 4.70. The van der Waals surface area contributed by atoms with Gasteiger partial charge in [-0.3, -0.25) is 9.89 Å². The summed E-state index contributed by atoms with van der Waals surface area (Å²) in [4.78, 5) is 5.34. The van der Waals surface area contributed by atoms with Crippen molar-refractivity contribution >= 4 is 17.7 Å². The molecule has 0 saturated carbocycles. The van der Waals surface area contributed by atoms with Gasteiger partial charge in [0.2, 0.25) is 0 Å². The summed E-state index contributed by atoms with van der Waals surface area (Å²) in [5, 5.41) is 6.22. The molecule has 0 bridgehead atoms. The molecule has 0 amide bonds. The summed E-state index contributed by atoms with van der Waals surface area (Å²) < 4.78 is 50.2. The standard InChI is InChI=1S/C17H26F4N4S/c1-22-16(23-7-4-8-25(2)12-17(19,20)21)24-10-13-5-6-15(18)9-14(13)11-26-3/h5-6,9H,4,7-8,10-12H2,1-3H3,(H2,22,23,24). The number of nitrogens with one attached hydrogen (secondary N) is 2. The molecule has 0 fully saturated rings. The van der Waals surface area contributed by atoms with E-state index in [0.717, 1.165) is 11.1 Å². The Balaban J connectivity index is 2.40. The van der Waals surface area contributed by atoms with Crippen LogP contribution in [0.4, 0.5) is 17.6 Å². The van der Waals surface area contributed by atoms with Crippen LogP contribution in [0.2, 0.25) is 0 Å². The molecule has 0 atom stereocenters. The number of halogens is 4. The second-order valence-corrected chi connectivity index (χ2v) is 6.77. The summed E-state index contributed by atoms with van der Waals surface area (Å²) in [6.45, 7) is 0.412. The third-order valence-corrected chi connectivity index (χ3v) is 4.20. The number of guanidine groups is 1. The molecule has 0 aliphatic rings. The van der Waals surface area contributed by atoms with Gasteiger partial charge in [0, 0.05) is 25.9 Å². The van der Waals surface area contributed by atoms with Gasteiger partial charge >= 0.3 is 6.18 Å². The maximum Gasteiger partial charge on any atom is 0.401 e. The van der Waals surface area contributed by atoms with E-state index in [0.29, 0.717) is 37.8 Å². The van der Waals surface area contributed by atoms with E-state index in [9.17, 15) is 17.6 Å². The van der Waals surface area contributed by atoms with Gasteiger partial charge in [-0.25, -0.2) is 4.39 Å². The summed E-state index contributed by atoms with van der Waals surface area (Å²) in [7, 11) is 3.07. The molecular formula is C17H26F4N4S. The summed E-state index contributed by atoms with van der Waals surface area (Å²) in [6.07, 6.45) is -1.66. The monoisotopic (exact) mass is 394 g/mol. The van der Waals surface area contributed by atoms with Crippen molar-refractivity contribution in [3.63, 3.8) is 0 Å². The number of benzene rings is 1. The minimum absolute atomic E-state index is 0.261. The normalized spacial score (nSPS) is 12.5. The van der Waals surface area contributed by atoms with Crippen molar-refractivity contribution < 1.29 is 17.6 Å². The van der Waals surface area contributed by atoms with E-state index in [2.05, 4.69) is 15.6 Å². The summed E-state index contributed by atoms with van der Waals surface area (Å²) >= 11 is 1.62. The SMILES string of the molecule is CN=C(NCCCN(C)CC(F)(F)F)NCc1ccc(F)cc1CSC. The van der Waals surface area contributed by atoms with Crippen molar-refractivity contribution in [3.05, 3.63) is 35.1 Å². The number of alkyl halides is 3. The fourth-order valence-corrected chi connectivity index (χ4v) is 2.98. The second kappa shape index (κ2) is 11.3. The van der Waals surface area contributed by atoms with Crippen molar-refractivity contribution in [1.82, 2.24) is 15.5 Å². The molecule has 0 heterocycles. The molecular weight excluding hydrogens is 368 g/mol. The third-order valence-electron chi connectivity index (χ3n) is 3.60. The van der Waals surface area contributed by atoms with Gasteiger partial charge in [0.15, 0.2) is 5.96 Å². The maximum atomic E-state index is 13.4. The zero-order chi connectivity index (χ0) is 19.6. The van der Waals surface area contributed by atoms with Crippen LogP contribution in [0.25, 0.3) is 0 Å². The van der Waals surface area contributed by atoms with E-state index < -0.39 is 12.7 Å². The lowest BCUT2D eigenvalue weighted by molar-refractivity contribution is -0.143. The predicted octanol–water partition coefficient (Wildman–Crippen LogP) is 3.24. The molecule has 0 aliphatic carbocycles. The minimum Gasteiger partial charge on any atom is -0.356 e. The van der Waals surface area contributed by atoms with E-state index in [4.69, 9.17) is 0 Å². The first-order valence-electron chi connectivity index (χ1n) is 8.21. The van der Waals surface area contributed by atoms with Crippen molar-refractivity contribution in [2.75, 3.05) is 40.0 Å². The zero-order valence-corrected chi connectivity index (χ0v) is 16.1. The van der Waals surface area contributed by atoms with Gasteiger partial charge in [0.1, 0.15) is 5.82 Å². The highest BCUT2D eigenvalue weighted by Gasteiger charge is 2.28. The first-order valence-corrected chi connectivity index (χ1v) is 9.60. The van der Waals surface area contributed by atoms with Crippen LogP contribution in [0.3, 0.4) is 0 Å². The van der Waals surface area contributed by atoms with Gasteiger partial charge < -0.3 is 10.6 Å². The molecule has 1 rings (SSSR count). The number of rotatable bonds is 9. The average Bonchev–Trinajstić information content (AvgIpc) is 2.54. The largest absolute Gasteiger partial charge is 0.401 e. The predicted molar refractivity (Wildman–Crippen MR) is 100.0 cm³/mol. The van der Waals surface area contributed by atoms with E-state index in [1.165, 1.54) is 24.1 Å². The highest BCUT2D eigenvalue weighted by atomic mass is 32.2. The number of nitrogens with zero attached hydrogens (tertiary/aromatic N) is 2. The molecule has 148 valence electrons. The van der Waals surface area contributed by atoms with E-state index in [-0.39, 0.29) is 5.82 Å². The molecule has 0 aromatic heterocycles. The van der Waals surface area contributed by atoms with Crippen molar-refractivity contribution in [1.29, 1.82) is 0 Å². The molecule has 0 saturated heterocycles. The van der Waals surface area contributed by atoms with Gasteiger partial charge in [0.25, 0.3) is 0 Å². The Labute approximate surface area is 156 Å². The molecule has 0 unspecified atom stereocenters. The van der Waals surface area contributed by atoms with Crippen LogP contribution in [0.1, 0.15) is 17.5 Å².